The van der Waals surface area contributed by atoms with Gasteiger partial charge in [0.25, 0.3) is 0 Å². The predicted octanol–water partition coefficient (Wildman–Crippen LogP) is 2.41. The van der Waals surface area contributed by atoms with Crippen LogP contribution in [0.25, 0.3) is 0 Å². The third-order valence-corrected chi connectivity index (χ3v) is 3.89. The summed E-state index contributed by atoms with van der Waals surface area (Å²) in [6, 6.07) is 8.36. The fourth-order valence-corrected chi connectivity index (χ4v) is 2.63. The average molecular weight is 312 g/mol. The first-order chi connectivity index (χ1) is 8.69. The molecule has 1 heterocycles. The van der Waals surface area contributed by atoms with E-state index in [0.29, 0.717) is 5.84 Å². The van der Waals surface area contributed by atoms with Crippen LogP contribution in [0, 0.1) is 5.92 Å². The second kappa shape index (κ2) is 6.20. The maximum atomic E-state index is 8.73. The quantitative estimate of drug-likeness (QED) is 0.390. The number of likely N-dealkylation sites (tertiary alicyclic amines) is 1. The third kappa shape index (κ3) is 3.46. The molecule has 5 heteroatoms. The summed E-state index contributed by atoms with van der Waals surface area (Å²) in [7, 11) is 0. The van der Waals surface area contributed by atoms with Gasteiger partial charge in [-0.15, -0.1) is 0 Å². The molecule has 4 nitrogen and oxygen atoms in total. The lowest BCUT2D eigenvalue weighted by Crippen LogP contribution is -2.40. The topological polar surface area (TPSA) is 61.9 Å². The van der Waals surface area contributed by atoms with Gasteiger partial charge in [-0.05, 0) is 37.1 Å². The van der Waals surface area contributed by atoms with E-state index in [-0.39, 0.29) is 5.92 Å². The van der Waals surface area contributed by atoms with Gasteiger partial charge in [0.2, 0.25) is 0 Å². The SMILES string of the molecule is NC(=NO)C1CCCN(Cc2ccc(Br)cc2)C1. The van der Waals surface area contributed by atoms with Gasteiger partial charge >= 0.3 is 0 Å². The van der Waals surface area contributed by atoms with E-state index in [9.17, 15) is 0 Å². The molecule has 2 rings (SSSR count). The van der Waals surface area contributed by atoms with Crippen LogP contribution < -0.4 is 5.73 Å². The summed E-state index contributed by atoms with van der Waals surface area (Å²) in [4.78, 5) is 2.36. The summed E-state index contributed by atoms with van der Waals surface area (Å²) in [5, 5.41) is 11.9. The Balaban J connectivity index is 1.95. The van der Waals surface area contributed by atoms with Crippen LogP contribution in [0.4, 0.5) is 0 Å². The molecule has 98 valence electrons. The van der Waals surface area contributed by atoms with Gasteiger partial charge in [-0.1, -0.05) is 33.2 Å². The highest BCUT2D eigenvalue weighted by Crippen LogP contribution is 2.19. The molecule has 1 unspecified atom stereocenters. The van der Waals surface area contributed by atoms with Crippen molar-refractivity contribution in [3.05, 3.63) is 34.3 Å². The fraction of sp³-hybridized carbons (Fsp3) is 0.462. The average Bonchev–Trinajstić information content (AvgIpc) is 2.41. The molecule has 1 aliphatic rings. The molecule has 0 aromatic heterocycles. The fourth-order valence-electron chi connectivity index (χ4n) is 2.37. The van der Waals surface area contributed by atoms with Crippen molar-refractivity contribution in [1.29, 1.82) is 0 Å². The molecule has 18 heavy (non-hydrogen) atoms. The number of rotatable bonds is 3. The summed E-state index contributed by atoms with van der Waals surface area (Å²) < 4.78 is 1.10. The number of halogens is 1. The number of hydrogen-bond acceptors (Lipinski definition) is 3. The first-order valence-electron chi connectivity index (χ1n) is 6.13. The van der Waals surface area contributed by atoms with E-state index >= 15 is 0 Å². The van der Waals surface area contributed by atoms with Gasteiger partial charge < -0.3 is 10.9 Å². The van der Waals surface area contributed by atoms with Crippen molar-refractivity contribution in [2.45, 2.75) is 19.4 Å². The Bertz CT molecular complexity index is 419. The smallest absolute Gasteiger partial charge is 0.143 e. The van der Waals surface area contributed by atoms with Crippen LogP contribution in [0.3, 0.4) is 0 Å². The number of benzene rings is 1. The number of hydrogen-bond donors (Lipinski definition) is 2. The van der Waals surface area contributed by atoms with Gasteiger partial charge in [0, 0.05) is 23.5 Å². The first kappa shape index (κ1) is 13.4. The van der Waals surface area contributed by atoms with Gasteiger partial charge in [0.15, 0.2) is 0 Å². The normalized spacial score (nSPS) is 22.1. The molecule has 1 fully saturated rings. The summed E-state index contributed by atoms with van der Waals surface area (Å²) >= 11 is 3.43. The van der Waals surface area contributed by atoms with E-state index in [1.54, 1.807) is 0 Å². The van der Waals surface area contributed by atoms with Crippen molar-refractivity contribution in [3.8, 4) is 0 Å². The molecular weight excluding hydrogens is 294 g/mol. The lowest BCUT2D eigenvalue weighted by Gasteiger charge is -2.32. The number of piperidine rings is 1. The van der Waals surface area contributed by atoms with Crippen LogP contribution in [0.5, 0.6) is 0 Å². The van der Waals surface area contributed by atoms with Gasteiger partial charge in [-0.2, -0.15) is 0 Å². The number of nitrogens with zero attached hydrogens (tertiary/aromatic N) is 2. The van der Waals surface area contributed by atoms with Crippen molar-refractivity contribution in [2.75, 3.05) is 13.1 Å². The molecule has 0 amide bonds. The highest BCUT2D eigenvalue weighted by atomic mass is 79.9. The molecule has 0 aliphatic carbocycles. The second-order valence-electron chi connectivity index (χ2n) is 4.73. The molecule has 1 atom stereocenters. The lowest BCUT2D eigenvalue weighted by atomic mass is 9.96. The van der Waals surface area contributed by atoms with Crippen LogP contribution in [0.15, 0.2) is 33.9 Å². The van der Waals surface area contributed by atoms with Gasteiger partial charge in [-0.3, -0.25) is 4.90 Å². The molecule has 0 bridgehead atoms. The predicted molar refractivity (Wildman–Crippen MR) is 75.6 cm³/mol. The summed E-state index contributed by atoms with van der Waals surface area (Å²) in [5.74, 6) is 0.537. The monoisotopic (exact) mass is 311 g/mol. The standard InChI is InChI=1S/C13H18BrN3O/c14-12-5-3-10(4-6-12)8-17-7-1-2-11(9-17)13(15)16-18/h3-6,11,18H,1-2,7-9H2,(H2,15,16). The maximum Gasteiger partial charge on any atom is 0.143 e. The lowest BCUT2D eigenvalue weighted by molar-refractivity contribution is 0.193. The highest BCUT2D eigenvalue weighted by molar-refractivity contribution is 9.10. The first-order valence-corrected chi connectivity index (χ1v) is 6.92. The number of amidine groups is 1. The summed E-state index contributed by atoms with van der Waals surface area (Å²) in [6.45, 7) is 2.86. The largest absolute Gasteiger partial charge is 0.409 e. The van der Waals surface area contributed by atoms with Gasteiger partial charge in [0.1, 0.15) is 5.84 Å². The maximum absolute atomic E-state index is 8.73. The third-order valence-electron chi connectivity index (χ3n) is 3.36. The Morgan fingerprint density at radius 1 is 1.44 bits per heavy atom. The van der Waals surface area contributed by atoms with Crippen LogP contribution in [-0.4, -0.2) is 29.0 Å². The molecule has 1 aliphatic heterocycles. The molecule has 0 radical (unpaired) electrons. The Labute approximate surface area is 116 Å². The van der Waals surface area contributed by atoms with E-state index in [1.807, 2.05) is 0 Å². The van der Waals surface area contributed by atoms with Crippen LogP contribution >= 0.6 is 15.9 Å². The minimum Gasteiger partial charge on any atom is -0.409 e. The van der Waals surface area contributed by atoms with E-state index < -0.39 is 0 Å². The molecule has 0 spiro atoms. The molecule has 3 N–H and O–H groups in total. The van der Waals surface area contributed by atoms with E-state index in [2.05, 4.69) is 50.3 Å². The van der Waals surface area contributed by atoms with Crippen molar-refractivity contribution in [1.82, 2.24) is 4.90 Å². The summed E-state index contributed by atoms with van der Waals surface area (Å²) in [6.07, 6.45) is 2.10. The molecule has 1 saturated heterocycles. The van der Waals surface area contributed by atoms with Gasteiger partial charge in [-0.25, -0.2) is 0 Å². The highest BCUT2D eigenvalue weighted by Gasteiger charge is 2.22. The zero-order chi connectivity index (χ0) is 13.0. The summed E-state index contributed by atoms with van der Waals surface area (Å²) in [5.41, 5.74) is 6.98. The van der Waals surface area contributed by atoms with Gasteiger partial charge in [0.05, 0.1) is 0 Å². The molecule has 0 saturated carbocycles. The van der Waals surface area contributed by atoms with Crippen molar-refractivity contribution < 1.29 is 5.21 Å². The number of nitrogens with two attached hydrogens (primary N) is 1. The van der Waals surface area contributed by atoms with Crippen LogP contribution in [-0.2, 0) is 6.54 Å². The Morgan fingerprint density at radius 3 is 2.83 bits per heavy atom. The minimum absolute atomic E-state index is 0.180. The van der Waals surface area contributed by atoms with Crippen molar-refractivity contribution in [3.63, 3.8) is 0 Å². The van der Waals surface area contributed by atoms with E-state index in [0.717, 1.165) is 36.9 Å². The minimum atomic E-state index is 0.180. The molecular formula is C13H18BrN3O. The Morgan fingerprint density at radius 2 is 2.17 bits per heavy atom. The Kier molecular flexibility index (Phi) is 4.60. The number of oxime groups is 1. The zero-order valence-corrected chi connectivity index (χ0v) is 11.8. The van der Waals surface area contributed by atoms with Crippen LogP contribution in [0.1, 0.15) is 18.4 Å². The zero-order valence-electron chi connectivity index (χ0n) is 10.2. The van der Waals surface area contributed by atoms with Crippen LogP contribution in [0.2, 0.25) is 0 Å². The molecule has 1 aromatic rings. The van der Waals surface area contributed by atoms with E-state index in [1.165, 1.54) is 5.56 Å². The van der Waals surface area contributed by atoms with E-state index in [4.69, 9.17) is 10.9 Å². The van der Waals surface area contributed by atoms with Crippen molar-refractivity contribution >= 4 is 21.8 Å². The Hall–Kier alpha value is -1.07. The second-order valence-corrected chi connectivity index (χ2v) is 5.64. The van der Waals surface area contributed by atoms with Crippen molar-refractivity contribution in [2.24, 2.45) is 16.8 Å². The molecule has 1 aromatic carbocycles.